The number of nitrogens with two attached hydrogens (primary N) is 1. The van der Waals surface area contributed by atoms with Crippen molar-refractivity contribution in [1.82, 2.24) is 0 Å². The van der Waals surface area contributed by atoms with Gasteiger partial charge in [-0.25, -0.2) is 0 Å². The van der Waals surface area contributed by atoms with Crippen molar-refractivity contribution in [2.75, 3.05) is 0 Å². The second kappa shape index (κ2) is 38.3. The molecule has 28 atom stereocenters. The van der Waals surface area contributed by atoms with E-state index in [4.69, 9.17) is 20.3 Å². The molecular formula is C92H163NO10S3. The van der Waals surface area contributed by atoms with Gasteiger partial charge in [-0.2, -0.15) is 40.5 Å². The highest BCUT2D eigenvalue weighted by Crippen LogP contribution is 2.71. The van der Waals surface area contributed by atoms with Crippen molar-refractivity contribution < 1.29 is 49.4 Å². The van der Waals surface area contributed by atoms with Crippen molar-refractivity contribution in [2.45, 2.75) is 374 Å². The molecular weight excluding hydrogens is 1380 g/mol. The molecule has 12 rings (SSSR count). The van der Waals surface area contributed by atoms with Gasteiger partial charge in [0.2, 0.25) is 0 Å². The number of aliphatic hydroxyl groups excluding tert-OH is 4. The average molecular weight is 1540 g/mol. The van der Waals surface area contributed by atoms with Crippen molar-refractivity contribution in [3.05, 3.63) is 34.9 Å². The summed E-state index contributed by atoms with van der Waals surface area (Å²) in [5.74, 6) is 11.8. The zero-order valence-electron chi connectivity index (χ0n) is 70.9. The van der Waals surface area contributed by atoms with Gasteiger partial charge in [0.15, 0.2) is 0 Å². The quantitative estimate of drug-likeness (QED) is 0.0501. The third kappa shape index (κ3) is 19.7. The predicted molar refractivity (Wildman–Crippen MR) is 451 cm³/mol. The molecule has 9 saturated carbocycles. The first-order chi connectivity index (χ1) is 48.2. The lowest BCUT2D eigenvalue weighted by Gasteiger charge is -2.58. The summed E-state index contributed by atoms with van der Waals surface area (Å²) in [6.45, 7) is 44.5. The van der Waals surface area contributed by atoms with Gasteiger partial charge < -0.3 is 40.7 Å². The number of allylic oxidation sites excluding steroid dienone is 3. The molecule has 0 aromatic rings. The Kier molecular flexibility index (Phi) is 33.7. The van der Waals surface area contributed by atoms with Crippen molar-refractivity contribution in [3.63, 3.8) is 0 Å². The van der Waals surface area contributed by atoms with Crippen LogP contribution in [-0.2, 0) is 23.9 Å². The Bertz CT molecular complexity index is 2800. The number of carboxylic acids is 1. The van der Waals surface area contributed by atoms with Gasteiger partial charge in [-0.05, 0) is 326 Å². The first kappa shape index (κ1) is 93.3. The molecule has 14 heteroatoms. The minimum Gasteiger partial charge on any atom is -0.481 e. The summed E-state index contributed by atoms with van der Waals surface area (Å²) in [6, 6.07) is -0.541. The topological polar surface area (TPSA) is 197 Å². The number of aliphatic carboxylic acids is 1. The third-order valence-electron chi connectivity index (χ3n) is 33.4. The van der Waals surface area contributed by atoms with Gasteiger partial charge in [0, 0.05) is 12.8 Å². The van der Waals surface area contributed by atoms with Crippen molar-refractivity contribution in [3.8, 4) is 0 Å². The van der Waals surface area contributed by atoms with Gasteiger partial charge in [-0.15, -0.1) is 0 Å². The SMILES string of the molecule is CC(C)C(=O)O.CC(C)C(=O)O[C@H]1CC[C@@]2(C)C(=CC[C@H]3[C@@H]4CC[C@H]([C@H](C)CCC(O)C(C)C)[C@@]4(C)CC[C@@H]32)C1.CC(C)C(O)CC[C@@H](C)[C@H]1CC[C@H]2[C@@H]3CC=C4C[C@@H](O)CC[C@]4(C)[C@H]3CC[C@]12C.CC(C)[C@@H](O)CC[C@@H](C)[C@H]1CC[C@H]2[C@@H]3CC=C4C[C@@H](OC(=O)[C@H](C)N)CC[C@]4(C)[C@H]3CC[C@]12C.S.S.S. The number of carboxylic acid groups (broad SMARTS) is 1. The fraction of sp³-hybridized carbons (Fsp3) is 0.902. The van der Waals surface area contributed by atoms with Crippen LogP contribution in [0.15, 0.2) is 34.9 Å². The maximum absolute atomic E-state index is 12.2. The van der Waals surface area contributed by atoms with Gasteiger partial charge in [-0.3, -0.25) is 14.4 Å². The Morgan fingerprint density at radius 3 is 0.981 bits per heavy atom. The molecule has 0 bridgehead atoms. The first-order valence-corrected chi connectivity index (χ1v) is 43.4. The van der Waals surface area contributed by atoms with E-state index in [0.29, 0.717) is 56.7 Å². The van der Waals surface area contributed by atoms with Gasteiger partial charge in [0.25, 0.3) is 0 Å². The maximum Gasteiger partial charge on any atom is 0.322 e. The van der Waals surface area contributed by atoms with E-state index in [1.54, 1.807) is 37.5 Å². The third-order valence-corrected chi connectivity index (χ3v) is 33.4. The fourth-order valence-electron chi connectivity index (χ4n) is 26.5. The number of carbonyl (C=O) groups excluding carboxylic acids is 2. The smallest absolute Gasteiger partial charge is 0.322 e. The molecule has 0 aromatic carbocycles. The Morgan fingerprint density at radius 1 is 0.406 bits per heavy atom. The highest BCUT2D eigenvalue weighted by atomic mass is 32.1. The first-order valence-electron chi connectivity index (χ1n) is 43.4. The van der Waals surface area contributed by atoms with Crippen LogP contribution in [-0.4, -0.2) is 86.1 Å². The summed E-state index contributed by atoms with van der Waals surface area (Å²) in [7, 11) is 0. The Hall–Kier alpha value is -1.52. The molecule has 12 aliphatic carbocycles. The van der Waals surface area contributed by atoms with Crippen molar-refractivity contribution in [1.29, 1.82) is 0 Å². The normalized spacial score (nSPS) is 40.0. The van der Waals surface area contributed by atoms with Gasteiger partial charge in [0.05, 0.1) is 36.3 Å². The molecule has 0 spiro atoms. The van der Waals surface area contributed by atoms with Crippen LogP contribution >= 0.6 is 40.5 Å². The fourth-order valence-corrected chi connectivity index (χ4v) is 26.5. The van der Waals surface area contributed by atoms with E-state index in [-0.39, 0.29) is 106 Å². The number of rotatable bonds is 20. The summed E-state index contributed by atoms with van der Waals surface area (Å²) < 4.78 is 11.6. The van der Waals surface area contributed by atoms with Crippen LogP contribution in [0.1, 0.15) is 331 Å². The molecule has 2 unspecified atom stereocenters. The molecule has 106 heavy (non-hydrogen) atoms. The molecule has 0 heterocycles. The second-order valence-corrected chi connectivity index (χ2v) is 41.0. The molecule has 11 nitrogen and oxygen atoms in total. The van der Waals surface area contributed by atoms with E-state index in [0.717, 1.165) is 148 Å². The number of hydrogen-bond acceptors (Lipinski definition) is 10. The maximum atomic E-state index is 12.2. The lowest BCUT2D eigenvalue weighted by Crippen LogP contribution is -2.51. The van der Waals surface area contributed by atoms with Crippen LogP contribution in [0.5, 0.6) is 0 Å². The summed E-state index contributed by atoms with van der Waals surface area (Å²) in [5, 5.41) is 49.2. The predicted octanol–water partition coefficient (Wildman–Crippen LogP) is 21.2. The van der Waals surface area contributed by atoms with Gasteiger partial charge in [0.1, 0.15) is 18.2 Å². The van der Waals surface area contributed by atoms with Crippen LogP contribution < -0.4 is 5.73 Å². The lowest BCUT2D eigenvalue weighted by molar-refractivity contribution is -0.155. The molecule has 12 aliphatic rings. The van der Waals surface area contributed by atoms with E-state index in [1.165, 1.54) is 122 Å². The molecule has 0 aromatic heterocycles. The largest absolute Gasteiger partial charge is 0.481 e. The molecule has 0 saturated heterocycles. The van der Waals surface area contributed by atoms with Crippen molar-refractivity contribution >= 4 is 58.4 Å². The molecule has 614 valence electrons. The number of fused-ring (bicyclic) bond motifs is 15. The summed E-state index contributed by atoms with van der Waals surface area (Å²) in [6.07, 6.45) is 43.1. The standard InChI is InChI=1S/C31H52O3.C30H51NO3.C27H46O2.C4H8O2.3H2S/c1-19(2)28(32)13-8-21(5)25-11-12-26-24-10-9-22-18-23(34-29(33)20(3)4)14-16-30(22,6)27(24)15-17-31(25,26)7;1-18(2)27(32)12-7-19(3)24-10-11-25-23-9-8-21-17-22(34-28(33)20(4)31)13-15-29(21,5)26(23)14-16-30(24,25)6;1-17(2)25(29)11-6-18(3)22-9-10-23-21-8-7-19-16-20(28)12-14-26(19,4)24(21)13-15-27(22,23)5;1-3(2)4(5)6;;;/h9,19-21,23-28,32H,8,10-18H2,1-7H3;8,18-20,22-27,32H,7,9-17,31H2,1-6H3;7,17-18,20-25,28-29H,6,8-16H2,1-5H3;3H,1-2H3,(H,5,6);3*1H2/t21-,23+,24+,25-,26+,27+,28?,30+,31-;19-,20+,22+,23+,24-,25+,26+,27+,29+,30-;18-,20+,21+,22-,23+,24+,25?,26+,27-;;;;/m111..../s1. The lowest BCUT2D eigenvalue weighted by atomic mass is 9.47. The number of carbonyl (C=O) groups is 3. The zero-order valence-corrected chi connectivity index (χ0v) is 73.9. The van der Waals surface area contributed by atoms with E-state index in [2.05, 4.69) is 122 Å². The van der Waals surface area contributed by atoms with Crippen LogP contribution in [0, 0.1) is 151 Å². The number of hydrogen-bond donors (Lipinski definition) is 6. The van der Waals surface area contributed by atoms with E-state index in [9.17, 15) is 34.8 Å². The Balaban J connectivity index is 0.000000237. The zero-order chi connectivity index (χ0) is 75.8. The minimum absolute atomic E-state index is 0. The number of aliphatic hydroxyl groups is 4. The highest BCUT2D eigenvalue weighted by molar-refractivity contribution is 7.59. The van der Waals surface area contributed by atoms with Crippen LogP contribution in [0.25, 0.3) is 0 Å². The Labute approximate surface area is 668 Å². The average Bonchev–Trinajstić information content (AvgIpc) is 1.39. The second-order valence-electron chi connectivity index (χ2n) is 41.0. The highest BCUT2D eigenvalue weighted by Gasteiger charge is 2.63. The van der Waals surface area contributed by atoms with Crippen LogP contribution in [0.4, 0.5) is 0 Å². The molecule has 0 aliphatic heterocycles. The van der Waals surface area contributed by atoms with E-state index in [1.807, 2.05) is 13.8 Å². The van der Waals surface area contributed by atoms with Crippen LogP contribution in [0.3, 0.4) is 0 Å². The minimum atomic E-state index is -0.741. The molecule has 0 amide bonds. The van der Waals surface area contributed by atoms with Crippen molar-refractivity contribution in [2.24, 2.45) is 157 Å². The molecule has 0 radical (unpaired) electrons. The van der Waals surface area contributed by atoms with E-state index >= 15 is 0 Å². The summed E-state index contributed by atoms with van der Waals surface area (Å²) >= 11 is 0. The molecule has 7 N–H and O–H groups in total. The van der Waals surface area contributed by atoms with E-state index < -0.39 is 12.0 Å². The van der Waals surface area contributed by atoms with Gasteiger partial charge in [-0.1, -0.05) is 166 Å². The van der Waals surface area contributed by atoms with Crippen LogP contribution in [0.2, 0.25) is 0 Å². The summed E-state index contributed by atoms with van der Waals surface area (Å²) in [4.78, 5) is 33.9. The monoisotopic (exact) mass is 1540 g/mol. The summed E-state index contributed by atoms with van der Waals surface area (Å²) in [5.41, 5.74) is 12.8. The van der Waals surface area contributed by atoms with Gasteiger partial charge >= 0.3 is 17.9 Å². The number of ether oxygens (including phenoxy) is 2. The molecule has 9 fully saturated rings. The number of esters is 2. The Morgan fingerprint density at radius 2 is 0.698 bits per heavy atom.